The third-order valence-electron chi connectivity index (χ3n) is 5.23. The molecule has 0 radical (unpaired) electrons. The highest BCUT2D eigenvalue weighted by molar-refractivity contribution is 7.18. The van der Waals surface area contributed by atoms with Gasteiger partial charge in [0, 0.05) is 12.5 Å². The van der Waals surface area contributed by atoms with E-state index >= 15 is 0 Å². The molecule has 1 amide bonds. The molecular weight excluding hydrogens is 360 g/mol. The summed E-state index contributed by atoms with van der Waals surface area (Å²) in [6.45, 7) is 3.82. The van der Waals surface area contributed by atoms with E-state index in [0.29, 0.717) is 18.8 Å². The standard InChI is InChI=1S/C21H28N2O3S/c1-14-8-3-4-9-16(14)23-21(25)15(2)26-20(24)13-7-12-19-22-17-10-5-6-11-18(17)27-19/h5-6,10-11,14-16H,3-4,7-9,12-13H2,1-2H3,(H,23,25)/t14-,15+,16-/m0/s1. The number of nitrogens with one attached hydrogen (secondary N) is 1. The number of fused-ring (bicyclic) bond motifs is 1. The van der Waals surface area contributed by atoms with E-state index < -0.39 is 6.10 Å². The molecule has 0 aliphatic heterocycles. The highest BCUT2D eigenvalue weighted by atomic mass is 32.1. The van der Waals surface area contributed by atoms with Crippen molar-refractivity contribution in [3.63, 3.8) is 0 Å². The maximum absolute atomic E-state index is 12.3. The predicted molar refractivity (Wildman–Crippen MR) is 108 cm³/mol. The molecule has 6 heteroatoms. The van der Waals surface area contributed by atoms with Crippen molar-refractivity contribution in [3.8, 4) is 0 Å². The molecule has 1 saturated carbocycles. The number of hydrogen-bond donors (Lipinski definition) is 1. The lowest BCUT2D eigenvalue weighted by atomic mass is 9.86. The number of carbonyl (C=O) groups excluding carboxylic acids is 2. The summed E-state index contributed by atoms with van der Waals surface area (Å²) >= 11 is 1.66. The second kappa shape index (κ2) is 9.31. The second-order valence-electron chi connectivity index (χ2n) is 7.44. The zero-order chi connectivity index (χ0) is 19.2. The van der Waals surface area contributed by atoms with Gasteiger partial charge in [-0.25, -0.2) is 4.98 Å². The van der Waals surface area contributed by atoms with Gasteiger partial charge in [0.15, 0.2) is 6.10 Å². The molecule has 0 spiro atoms. The smallest absolute Gasteiger partial charge is 0.306 e. The lowest BCUT2D eigenvalue weighted by Crippen LogP contribution is -2.45. The lowest BCUT2D eigenvalue weighted by molar-refractivity contribution is -0.155. The number of thiazole rings is 1. The summed E-state index contributed by atoms with van der Waals surface area (Å²) in [5.74, 6) is -0.0249. The number of rotatable bonds is 7. The quantitative estimate of drug-likeness (QED) is 0.720. The average molecular weight is 389 g/mol. The fourth-order valence-corrected chi connectivity index (χ4v) is 4.56. The van der Waals surface area contributed by atoms with Crippen LogP contribution in [0.5, 0.6) is 0 Å². The first-order valence-electron chi connectivity index (χ1n) is 9.87. The van der Waals surface area contributed by atoms with Crippen LogP contribution in [0.15, 0.2) is 24.3 Å². The number of aryl methyl sites for hydroxylation is 1. The molecule has 2 aromatic rings. The van der Waals surface area contributed by atoms with Crippen LogP contribution in [0.2, 0.25) is 0 Å². The lowest BCUT2D eigenvalue weighted by Gasteiger charge is -2.30. The van der Waals surface area contributed by atoms with E-state index in [-0.39, 0.29) is 17.9 Å². The molecule has 0 bridgehead atoms. The van der Waals surface area contributed by atoms with Crippen LogP contribution in [-0.2, 0) is 20.7 Å². The largest absolute Gasteiger partial charge is 0.453 e. The van der Waals surface area contributed by atoms with Gasteiger partial charge in [-0.2, -0.15) is 0 Å². The number of ether oxygens (including phenoxy) is 1. The molecule has 1 fully saturated rings. The first-order valence-corrected chi connectivity index (χ1v) is 10.7. The molecule has 1 aromatic heterocycles. The molecule has 27 heavy (non-hydrogen) atoms. The molecule has 5 nitrogen and oxygen atoms in total. The number of aromatic nitrogens is 1. The molecule has 1 aliphatic carbocycles. The van der Waals surface area contributed by atoms with Crippen LogP contribution < -0.4 is 5.32 Å². The van der Waals surface area contributed by atoms with Gasteiger partial charge in [-0.15, -0.1) is 11.3 Å². The SMILES string of the molecule is C[C@@H](OC(=O)CCCc1nc2ccccc2s1)C(=O)N[C@H]1CCCC[C@@H]1C. The number of carbonyl (C=O) groups is 2. The minimum atomic E-state index is -0.742. The third kappa shape index (κ3) is 5.51. The van der Waals surface area contributed by atoms with Crippen molar-refractivity contribution >= 4 is 33.4 Å². The van der Waals surface area contributed by atoms with E-state index in [1.807, 2.05) is 18.2 Å². The van der Waals surface area contributed by atoms with Crippen molar-refractivity contribution in [2.24, 2.45) is 5.92 Å². The number of esters is 1. The van der Waals surface area contributed by atoms with Crippen LogP contribution in [0.4, 0.5) is 0 Å². The van der Waals surface area contributed by atoms with Crippen molar-refractivity contribution < 1.29 is 14.3 Å². The summed E-state index contributed by atoms with van der Waals surface area (Å²) < 4.78 is 6.48. The minimum absolute atomic E-state index is 0.187. The fraction of sp³-hybridized carbons (Fsp3) is 0.571. The average Bonchev–Trinajstić information content (AvgIpc) is 3.06. The van der Waals surface area contributed by atoms with E-state index in [0.717, 1.165) is 40.9 Å². The van der Waals surface area contributed by atoms with Crippen LogP contribution in [0.25, 0.3) is 10.2 Å². The molecule has 146 valence electrons. The molecule has 0 unspecified atom stereocenters. The number of amides is 1. The van der Waals surface area contributed by atoms with Gasteiger partial charge in [-0.3, -0.25) is 9.59 Å². The van der Waals surface area contributed by atoms with E-state index in [1.54, 1.807) is 18.3 Å². The van der Waals surface area contributed by atoms with Crippen molar-refractivity contribution in [1.29, 1.82) is 0 Å². The Hall–Kier alpha value is -1.95. The van der Waals surface area contributed by atoms with Crippen LogP contribution in [0.1, 0.15) is 57.4 Å². The maximum atomic E-state index is 12.3. The Kier molecular flexibility index (Phi) is 6.83. The summed E-state index contributed by atoms with van der Waals surface area (Å²) in [5, 5.41) is 4.07. The van der Waals surface area contributed by atoms with E-state index in [9.17, 15) is 9.59 Å². The summed E-state index contributed by atoms with van der Waals surface area (Å²) in [6, 6.07) is 8.23. The first-order chi connectivity index (χ1) is 13.0. The zero-order valence-electron chi connectivity index (χ0n) is 16.1. The van der Waals surface area contributed by atoms with E-state index in [1.165, 1.54) is 6.42 Å². The summed E-state index contributed by atoms with van der Waals surface area (Å²) in [6.07, 6.45) is 5.51. The van der Waals surface area contributed by atoms with Crippen LogP contribution in [0.3, 0.4) is 0 Å². The Bertz CT molecular complexity index is 756. The van der Waals surface area contributed by atoms with Gasteiger partial charge in [-0.1, -0.05) is 31.9 Å². The highest BCUT2D eigenvalue weighted by Crippen LogP contribution is 2.24. The van der Waals surface area contributed by atoms with Gasteiger partial charge >= 0.3 is 5.97 Å². The first kappa shape index (κ1) is 19.8. The van der Waals surface area contributed by atoms with Crippen molar-refractivity contribution in [2.45, 2.75) is 70.9 Å². The maximum Gasteiger partial charge on any atom is 0.306 e. The van der Waals surface area contributed by atoms with Gasteiger partial charge in [-0.05, 0) is 50.7 Å². The van der Waals surface area contributed by atoms with Crippen LogP contribution in [0, 0.1) is 5.92 Å². The Balaban J connectivity index is 1.39. The number of para-hydroxylation sites is 1. The number of benzene rings is 1. The second-order valence-corrected chi connectivity index (χ2v) is 8.55. The van der Waals surface area contributed by atoms with E-state index in [4.69, 9.17) is 4.74 Å². The van der Waals surface area contributed by atoms with Crippen molar-refractivity contribution in [1.82, 2.24) is 10.3 Å². The zero-order valence-corrected chi connectivity index (χ0v) is 16.9. The van der Waals surface area contributed by atoms with Gasteiger partial charge in [0.25, 0.3) is 5.91 Å². The van der Waals surface area contributed by atoms with Crippen molar-refractivity contribution in [2.75, 3.05) is 0 Å². The predicted octanol–water partition coefficient (Wildman–Crippen LogP) is 4.25. The molecule has 1 aromatic carbocycles. The summed E-state index contributed by atoms with van der Waals surface area (Å²) in [7, 11) is 0. The molecule has 1 heterocycles. The number of nitrogens with zero attached hydrogens (tertiary/aromatic N) is 1. The Morgan fingerprint density at radius 3 is 2.85 bits per heavy atom. The Morgan fingerprint density at radius 1 is 1.30 bits per heavy atom. The molecule has 1 aliphatic rings. The van der Waals surface area contributed by atoms with Gasteiger partial charge < -0.3 is 10.1 Å². The molecule has 0 saturated heterocycles. The van der Waals surface area contributed by atoms with Gasteiger partial charge in [0.2, 0.25) is 0 Å². The molecule has 1 N–H and O–H groups in total. The third-order valence-corrected chi connectivity index (χ3v) is 6.32. The highest BCUT2D eigenvalue weighted by Gasteiger charge is 2.26. The van der Waals surface area contributed by atoms with Crippen LogP contribution in [-0.4, -0.2) is 29.0 Å². The van der Waals surface area contributed by atoms with Crippen molar-refractivity contribution in [3.05, 3.63) is 29.3 Å². The molecule has 3 rings (SSSR count). The Labute approximate surface area is 164 Å². The van der Waals surface area contributed by atoms with E-state index in [2.05, 4.69) is 23.3 Å². The topological polar surface area (TPSA) is 68.3 Å². The molecular formula is C21H28N2O3S. The van der Waals surface area contributed by atoms with Gasteiger partial charge in [0.1, 0.15) is 0 Å². The fourth-order valence-electron chi connectivity index (χ4n) is 3.55. The van der Waals surface area contributed by atoms with Gasteiger partial charge in [0.05, 0.1) is 15.2 Å². The summed E-state index contributed by atoms with van der Waals surface area (Å²) in [4.78, 5) is 28.9. The normalized spacial score (nSPS) is 21.0. The molecule has 3 atom stereocenters. The van der Waals surface area contributed by atoms with Crippen LogP contribution >= 0.6 is 11.3 Å². The summed E-state index contributed by atoms with van der Waals surface area (Å²) in [5.41, 5.74) is 1.00. The number of hydrogen-bond acceptors (Lipinski definition) is 5. The Morgan fingerprint density at radius 2 is 2.07 bits per heavy atom. The minimum Gasteiger partial charge on any atom is -0.453 e. The monoisotopic (exact) mass is 388 g/mol.